The number of carbonyl (C=O) groups is 3. The lowest BCUT2D eigenvalue weighted by atomic mass is 9.83. The Kier molecular flexibility index (Phi) is 10.1. The molecule has 0 bridgehead atoms. The molecule has 1 N–H and O–H groups in total. The molecule has 0 saturated heterocycles. The van der Waals surface area contributed by atoms with Gasteiger partial charge in [-0.1, -0.05) is 62.1 Å². The van der Waals surface area contributed by atoms with Crippen molar-refractivity contribution in [3.63, 3.8) is 0 Å². The number of nitrogens with one attached hydrogen (secondary N) is 1. The van der Waals surface area contributed by atoms with Crippen molar-refractivity contribution in [2.45, 2.75) is 65.3 Å². The van der Waals surface area contributed by atoms with Crippen molar-refractivity contribution in [2.75, 3.05) is 13.2 Å². The molecule has 2 aromatic rings. The van der Waals surface area contributed by atoms with E-state index in [1.165, 1.54) is 6.42 Å². The second-order valence-electron chi connectivity index (χ2n) is 9.02. The minimum atomic E-state index is -0.418. The van der Waals surface area contributed by atoms with Crippen LogP contribution in [0.5, 0.6) is 0 Å². The molecule has 0 aliphatic carbocycles. The molecule has 0 aromatic heterocycles. The highest BCUT2D eigenvalue weighted by atomic mass is 35.5. The fourth-order valence-electron chi connectivity index (χ4n) is 4.46. The van der Waals surface area contributed by atoms with Crippen LogP contribution in [-0.2, 0) is 20.9 Å². The molecule has 36 heavy (non-hydrogen) atoms. The number of rotatable bonds is 11. The number of nitrogens with zero attached hydrogens (tertiary/aromatic N) is 1. The molecule has 0 spiro atoms. The highest BCUT2D eigenvalue weighted by molar-refractivity contribution is 6.30. The van der Waals surface area contributed by atoms with Gasteiger partial charge in [0.05, 0.1) is 18.7 Å². The number of ether oxygens (including phenoxy) is 1. The minimum absolute atomic E-state index is 0.0746. The van der Waals surface area contributed by atoms with Crippen LogP contribution in [0.25, 0.3) is 0 Å². The van der Waals surface area contributed by atoms with Crippen molar-refractivity contribution in [1.29, 1.82) is 0 Å². The molecule has 1 aliphatic rings. The SMILES string of the molecule is CCCCCCNC(=O)c1ccc(CN2C(=O)C[C@@H](c3ccc(Cl)cc3)C(C(=O)OCC)=C2C)cc1. The maximum Gasteiger partial charge on any atom is 0.336 e. The van der Waals surface area contributed by atoms with Crippen molar-refractivity contribution in [2.24, 2.45) is 0 Å². The summed E-state index contributed by atoms with van der Waals surface area (Å²) in [6.07, 6.45) is 4.57. The lowest BCUT2D eigenvalue weighted by molar-refractivity contribution is -0.140. The molecular weight excluding hydrogens is 476 g/mol. The van der Waals surface area contributed by atoms with Crippen LogP contribution >= 0.6 is 11.6 Å². The Hall–Kier alpha value is -3.12. The van der Waals surface area contributed by atoms with E-state index in [2.05, 4.69) is 12.2 Å². The Balaban J connectivity index is 1.77. The number of unbranched alkanes of at least 4 members (excludes halogenated alkanes) is 3. The number of amides is 2. The van der Waals surface area contributed by atoms with Gasteiger partial charge in [0.1, 0.15) is 0 Å². The third-order valence-corrected chi connectivity index (χ3v) is 6.72. The highest BCUT2D eigenvalue weighted by Crippen LogP contribution is 2.38. The zero-order valence-electron chi connectivity index (χ0n) is 21.3. The average molecular weight is 511 g/mol. The molecule has 0 fully saturated rings. The van der Waals surface area contributed by atoms with Crippen LogP contribution in [0, 0.1) is 0 Å². The Morgan fingerprint density at radius 3 is 2.36 bits per heavy atom. The monoisotopic (exact) mass is 510 g/mol. The maximum atomic E-state index is 13.2. The predicted molar refractivity (Wildman–Crippen MR) is 142 cm³/mol. The third-order valence-electron chi connectivity index (χ3n) is 6.46. The van der Waals surface area contributed by atoms with Gasteiger partial charge in [0.25, 0.3) is 5.91 Å². The summed E-state index contributed by atoms with van der Waals surface area (Å²) in [6, 6.07) is 14.4. The fourth-order valence-corrected chi connectivity index (χ4v) is 4.58. The van der Waals surface area contributed by atoms with E-state index in [4.69, 9.17) is 16.3 Å². The van der Waals surface area contributed by atoms with Gasteiger partial charge in [-0.3, -0.25) is 9.59 Å². The van der Waals surface area contributed by atoms with Gasteiger partial charge in [-0.2, -0.15) is 0 Å². The minimum Gasteiger partial charge on any atom is -0.463 e. The summed E-state index contributed by atoms with van der Waals surface area (Å²) < 4.78 is 5.35. The van der Waals surface area contributed by atoms with Crippen LogP contribution < -0.4 is 5.32 Å². The molecular formula is C29H35ClN2O4. The first-order valence-corrected chi connectivity index (χ1v) is 13.0. The summed E-state index contributed by atoms with van der Waals surface area (Å²) in [5.41, 5.74) is 3.37. The fraction of sp³-hybridized carbons (Fsp3) is 0.414. The van der Waals surface area contributed by atoms with Gasteiger partial charge in [-0.25, -0.2) is 4.79 Å². The standard InChI is InChI=1S/C29H35ClN2O4/c1-4-6-7-8-17-31-28(34)23-11-9-21(10-12-23)19-32-20(3)27(29(35)36-5-2)25(18-26(32)33)22-13-15-24(30)16-14-22/h9-16,25H,4-8,17-19H2,1-3H3,(H,31,34)/t25-/m0/s1. The van der Waals surface area contributed by atoms with Gasteiger partial charge >= 0.3 is 5.97 Å². The van der Waals surface area contributed by atoms with E-state index in [1.54, 1.807) is 43.0 Å². The number of carbonyl (C=O) groups excluding carboxylic acids is 3. The first-order valence-electron chi connectivity index (χ1n) is 12.7. The van der Waals surface area contributed by atoms with Crippen molar-refractivity contribution in [3.8, 4) is 0 Å². The van der Waals surface area contributed by atoms with Crippen molar-refractivity contribution < 1.29 is 19.1 Å². The summed E-state index contributed by atoms with van der Waals surface area (Å²) in [6.45, 7) is 6.92. The Morgan fingerprint density at radius 2 is 1.72 bits per heavy atom. The van der Waals surface area contributed by atoms with E-state index in [0.717, 1.165) is 30.4 Å². The number of halogens is 1. The van der Waals surface area contributed by atoms with Gasteiger partial charge in [-0.05, 0) is 55.7 Å². The van der Waals surface area contributed by atoms with E-state index in [-0.39, 0.29) is 24.8 Å². The number of allylic oxidation sites excluding steroid dienone is 1. The highest BCUT2D eigenvalue weighted by Gasteiger charge is 2.36. The Labute approximate surface area is 218 Å². The van der Waals surface area contributed by atoms with E-state index in [9.17, 15) is 14.4 Å². The molecule has 1 aliphatic heterocycles. The van der Waals surface area contributed by atoms with Gasteiger partial charge in [0, 0.05) is 35.2 Å². The van der Waals surface area contributed by atoms with Crippen molar-refractivity contribution in [1.82, 2.24) is 10.2 Å². The number of hydrogen-bond acceptors (Lipinski definition) is 4. The summed E-state index contributed by atoms with van der Waals surface area (Å²) in [7, 11) is 0. The first kappa shape index (κ1) is 27.5. The lowest BCUT2D eigenvalue weighted by Gasteiger charge is -2.34. The van der Waals surface area contributed by atoms with Crippen LogP contribution in [0.4, 0.5) is 0 Å². The first-order chi connectivity index (χ1) is 17.3. The third kappa shape index (κ3) is 6.97. The second kappa shape index (κ2) is 13.3. The molecule has 0 unspecified atom stereocenters. The molecule has 3 rings (SSSR count). The molecule has 7 heteroatoms. The van der Waals surface area contributed by atoms with E-state index >= 15 is 0 Å². The van der Waals surface area contributed by atoms with E-state index < -0.39 is 11.9 Å². The van der Waals surface area contributed by atoms with Gasteiger partial charge in [0.2, 0.25) is 5.91 Å². The van der Waals surface area contributed by atoms with Gasteiger partial charge in [-0.15, -0.1) is 0 Å². The molecule has 1 heterocycles. The summed E-state index contributed by atoms with van der Waals surface area (Å²) >= 11 is 6.04. The Morgan fingerprint density at radius 1 is 1.03 bits per heavy atom. The summed E-state index contributed by atoms with van der Waals surface area (Å²) in [4.78, 5) is 40.2. The molecule has 192 valence electrons. The van der Waals surface area contributed by atoms with Crippen molar-refractivity contribution in [3.05, 3.63) is 81.5 Å². The molecule has 0 radical (unpaired) electrons. The van der Waals surface area contributed by atoms with Crippen LogP contribution in [0.3, 0.4) is 0 Å². The predicted octanol–water partition coefficient (Wildman–Crippen LogP) is 6.00. The Bertz CT molecular complexity index is 1090. The summed E-state index contributed by atoms with van der Waals surface area (Å²) in [5.74, 6) is -0.986. The smallest absolute Gasteiger partial charge is 0.336 e. The maximum absolute atomic E-state index is 13.2. The van der Waals surface area contributed by atoms with E-state index in [1.807, 2.05) is 24.3 Å². The van der Waals surface area contributed by atoms with E-state index in [0.29, 0.717) is 34.9 Å². The number of esters is 1. The average Bonchev–Trinajstić information content (AvgIpc) is 2.87. The molecule has 0 saturated carbocycles. The molecule has 6 nitrogen and oxygen atoms in total. The zero-order valence-corrected chi connectivity index (χ0v) is 22.1. The molecule has 1 atom stereocenters. The number of hydrogen-bond donors (Lipinski definition) is 1. The second-order valence-corrected chi connectivity index (χ2v) is 9.46. The quantitative estimate of drug-likeness (QED) is 0.297. The van der Waals surface area contributed by atoms with Gasteiger partial charge < -0.3 is 15.0 Å². The normalized spacial score (nSPS) is 15.7. The lowest BCUT2D eigenvalue weighted by Crippen LogP contribution is -2.38. The van der Waals surface area contributed by atoms with Crippen LogP contribution in [0.15, 0.2) is 59.8 Å². The van der Waals surface area contributed by atoms with Gasteiger partial charge in [0.15, 0.2) is 0 Å². The topological polar surface area (TPSA) is 75.7 Å². The van der Waals surface area contributed by atoms with Crippen LogP contribution in [0.2, 0.25) is 5.02 Å². The van der Waals surface area contributed by atoms with Crippen LogP contribution in [0.1, 0.15) is 80.3 Å². The molecule has 2 aromatic carbocycles. The largest absolute Gasteiger partial charge is 0.463 e. The number of benzene rings is 2. The summed E-state index contributed by atoms with van der Waals surface area (Å²) in [5, 5.41) is 3.55. The molecule has 2 amide bonds. The van der Waals surface area contributed by atoms with Crippen molar-refractivity contribution >= 4 is 29.4 Å². The van der Waals surface area contributed by atoms with Crippen LogP contribution in [-0.4, -0.2) is 35.8 Å². The zero-order chi connectivity index (χ0) is 26.1.